The third kappa shape index (κ3) is 6.24. The number of ketones is 1. The van der Waals surface area contributed by atoms with Gasteiger partial charge in [0.1, 0.15) is 5.78 Å². The van der Waals surface area contributed by atoms with Gasteiger partial charge in [0, 0.05) is 12.8 Å². The minimum Gasteiger partial charge on any atom is -0.300 e. The summed E-state index contributed by atoms with van der Waals surface area (Å²) in [6.45, 7) is 2.35. The largest absolute Gasteiger partial charge is 0.300 e. The molecule has 0 aromatic carbocycles. The van der Waals surface area contributed by atoms with Crippen molar-refractivity contribution < 1.29 is 4.79 Å². The van der Waals surface area contributed by atoms with Gasteiger partial charge in [0.05, 0.1) is 0 Å². The van der Waals surface area contributed by atoms with Crippen molar-refractivity contribution in [2.24, 2.45) is 29.6 Å². The van der Waals surface area contributed by atoms with Crippen molar-refractivity contribution in [2.75, 3.05) is 0 Å². The first-order chi connectivity index (χ1) is 12.7. The van der Waals surface area contributed by atoms with Crippen molar-refractivity contribution in [2.45, 2.75) is 110 Å². The van der Waals surface area contributed by atoms with E-state index < -0.39 is 0 Å². The topological polar surface area (TPSA) is 17.1 Å². The van der Waals surface area contributed by atoms with Gasteiger partial charge in [0.25, 0.3) is 0 Å². The van der Waals surface area contributed by atoms with Gasteiger partial charge in [-0.15, -0.1) is 0 Å². The molecular formula is C25H42O. The van der Waals surface area contributed by atoms with E-state index in [2.05, 4.69) is 19.1 Å². The fraction of sp³-hybridized carbons (Fsp3) is 0.880. The zero-order valence-electron chi connectivity index (χ0n) is 17.3. The summed E-state index contributed by atoms with van der Waals surface area (Å²) in [5.74, 6) is 5.33. The van der Waals surface area contributed by atoms with Crippen LogP contribution in [0, 0.1) is 29.6 Å². The van der Waals surface area contributed by atoms with Gasteiger partial charge < -0.3 is 0 Å². The van der Waals surface area contributed by atoms with E-state index in [0.717, 1.165) is 49.4 Å². The number of hydrogen-bond donors (Lipinski definition) is 0. The van der Waals surface area contributed by atoms with Crippen molar-refractivity contribution in [3.8, 4) is 0 Å². The second-order valence-electron chi connectivity index (χ2n) is 9.73. The minimum atomic E-state index is 0.477. The van der Waals surface area contributed by atoms with Gasteiger partial charge >= 0.3 is 0 Å². The summed E-state index contributed by atoms with van der Waals surface area (Å²) < 4.78 is 0. The fourth-order valence-corrected chi connectivity index (χ4v) is 6.08. The van der Waals surface area contributed by atoms with Gasteiger partial charge in [-0.2, -0.15) is 0 Å². The van der Waals surface area contributed by atoms with Gasteiger partial charge in [-0.25, -0.2) is 0 Å². The molecule has 3 fully saturated rings. The molecule has 3 aliphatic rings. The van der Waals surface area contributed by atoms with Crippen LogP contribution >= 0.6 is 0 Å². The van der Waals surface area contributed by atoms with Crippen LogP contribution < -0.4 is 0 Å². The van der Waals surface area contributed by atoms with Crippen LogP contribution in [-0.4, -0.2) is 5.78 Å². The molecule has 0 heterocycles. The Morgan fingerprint density at radius 2 is 1.31 bits per heavy atom. The van der Waals surface area contributed by atoms with E-state index in [1.165, 1.54) is 77.0 Å². The van der Waals surface area contributed by atoms with Crippen LogP contribution in [0.15, 0.2) is 12.2 Å². The van der Waals surface area contributed by atoms with E-state index in [9.17, 15) is 4.79 Å². The number of carbonyl (C=O) groups excluding carboxylic acids is 1. The molecule has 26 heavy (non-hydrogen) atoms. The van der Waals surface area contributed by atoms with Crippen LogP contribution in [0.5, 0.6) is 0 Å². The molecule has 0 saturated heterocycles. The molecule has 148 valence electrons. The van der Waals surface area contributed by atoms with Gasteiger partial charge in [-0.05, 0) is 81.0 Å². The van der Waals surface area contributed by atoms with Crippen molar-refractivity contribution in [1.29, 1.82) is 0 Å². The first-order valence-electron chi connectivity index (χ1n) is 11.9. The average Bonchev–Trinajstić information content (AvgIpc) is 2.68. The molecule has 0 unspecified atom stereocenters. The van der Waals surface area contributed by atoms with Crippen LogP contribution in [-0.2, 0) is 4.79 Å². The molecule has 0 aromatic rings. The molecule has 3 saturated carbocycles. The summed E-state index contributed by atoms with van der Waals surface area (Å²) in [5.41, 5.74) is 0. The quantitative estimate of drug-likeness (QED) is 0.431. The normalized spacial score (nSPS) is 34.4. The summed E-state index contributed by atoms with van der Waals surface area (Å²) >= 11 is 0. The van der Waals surface area contributed by atoms with Gasteiger partial charge in [-0.1, -0.05) is 57.6 Å². The Bertz CT molecular complexity index is 425. The van der Waals surface area contributed by atoms with Gasteiger partial charge in [0.2, 0.25) is 0 Å². The number of allylic oxidation sites excluding steroid dienone is 2. The maximum absolute atomic E-state index is 11.3. The van der Waals surface area contributed by atoms with E-state index in [-0.39, 0.29) is 0 Å². The van der Waals surface area contributed by atoms with Crippen LogP contribution in [0.25, 0.3) is 0 Å². The molecule has 0 amide bonds. The summed E-state index contributed by atoms with van der Waals surface area (Å²) in [5, 5.41) is 0. The Labute approximate surface area is 162 Å². The maximum Gasteiger partial charge on any atom is 0.132 e. The monoisotopic (exact) mass is 358 g/mol. The second-order valence-corrected chi connectivity index (χ2v) is 9.73. The Balaban J connectivity index is 1.28. The third-order valence-corrected chi connectivity index (χ3v) is 7.88. The summed E-state index contributed by atoms with van der Waals surface area (Å²) in [4.78, 5) is 11.3. The highest BCUT2D eigenvalue weighted by atomic mass is 16.1. The average molecular weight is 359 g/mol. The minimum absolute atomic E-state index is 0.477. The van der Waals surface area contributed by atoms with Crippen LogP contribution in [0.2, 0.25) is 0 Å². The Hall–Kier alpha value is -0.590. The SMILES string of the molecule is CCC[C@H]1CC[C@H]([C@H]2CC[C@H](CCC=CC3CCC(=O)CC3)CC2)CC1. The predicted octanol–water partition coefficient (Wildman–Crippen LogP) is 7.50. The molecule has 3 rings (SSSR count). The molecule has 0 N–H and O–H groups in total. The summed E-state index contributed by atoms with van der Waals surface area (Å²) in [6, 6.07) is 0. The van der Waals surface area contributed by atoms with Crippen molar-refractivity contribution >= 4 is 5.78 Å². The lowest BCUT2D eigenvalue weighted by Crippen LogP contribution is -2.25. The molecule has 0 radical (unpaired) electrons. The van der Waals surface area contributed by atoms with Crippen molar-refractivity contribution in [1.82, 2.24) is 0 Å². The Morgan fingerprint density at radius 3 is 1.85 bits per heavy atom. The van der Waals surface area contributed by atoms with Crippen LogP contribution in [0.3, 0.4) is 0 Å². The fourth-order valence-electron chi connectivity index (χ4n) is 6.08. The number of Topliss-reactive ketones (excluding diaryl/α,β-unsaturated/α-hetero) is 1. The highest BCUT2D eigenvalue weighted by molar-refractivity contribution is 5.79. The number of carbonyl (C=O) groups is 1. The van der Waals surface area contributed by atoms with E-state index in [1.54, 1.807) is 0 Å². The predicted molar refractivity (Wildman–Crippen MR) is 111 cm³/mol. The van der Waals surface area contributed by atoms with Gasteiger partial charge in [0.15, 0.2) is 0 Å². The first kappa shape index (κ1) is 20.2. The molecule has 0 bridgehead atoms. The lowest BCUT2D eigenvalue weighted by atomic mass is 9.68. The van der Waals surface area contributed by atoms with Crippen molar-refractivity contribution in [3.05, 3.63) is 12.2 Å². The zero-order valence-corrected chi connectivity index (χ0v) is 17.3. The molecule has 3 aliphatic carbocycles. The van der Waals surface area contributed by atoms with E-state index in [0.29, 0.717) is 11.7 Å². The number of hydrogen-bond acceptors (Lipinski definition) is 1. The third-order valence-electron chi connectivity index (χ3n) is 7.88. The lowest BCUT2D eigenvalue weighted by molar-refractivity contribution is -0.120. The molecule has 1 heteroatoms. The molecule has 0 aromatic heterocycles. The standard InChI is InChI=1S/C25H42O/c1-2-5-20-8-14-23(15-9-20)24-16-10-21(11-17-24)6-3-4-7-22-12-18-25(26)19-13-22/h4,7,20-24H,2-3,5-6,8-19H2,1H3/t20-,21-,23-,24-. The molecule has 0 aliphatic heterocycles. The Morgan fingerprint density at radius 1 is 0.769 bits per heavy atom. The van der Waals surface area contributed by atoms with Crippen LogP contribution in [0.1, 0.15) is 110 Å². The lowest BCUT2D eigenvalue weighted by Gasteiger charge is -2.38. The Kier molecular flexibility index (Phi) is 8.27. The van der Waals surface area contributed by atoms with E-state index in [1.807, 2.05) is 0 Å². The zero-order chi connectivity index (χ0) is 18.2. The van der Waals surface area contributed by atoms with Gasteiger partial charge in [-0.3, -0.25) is 4.79 Å². The van der Waals surface area contributed by atoms with E-state index in [4.69, 9.17) is 0 Å². The molecule has 0 atom stereocenters. The number of rotatable bonds is 7. The maximum atomic E-state index is 11.3. The van der Waals surface area contributed by atoms with E-state index >= 15 is 0 Å². The highest BCUT2D eigenvalue weighted by Crippen LogP contribution is 2.43. The highest BCUT2D eigenvalue weighted by Gasteiger charge is 2.30. The first-order valence-corrected chi connectivity index (χ1v) is 11.9. The van der Waals surface area contributed by atoms with Crippen molar-refractivity contribution in [3.63, 3.8) is 0 Å². The smallest absolute Gasteiger partial charge is 0.132 e. The summed E-state index contributed by atoms with van der Waals surface area (Å²) in [6.07, 6.45) is 26.3. The van der Waals surface area contributed by atoms with Crippen LogP contribution in [0.4, 0.5) is 0 Å². The molecular weight excluding hydrogens is 316 g/mol. The molecule has 1 nitrogen and oxygen atoms in total. The summed E-state index contributed by atoms with van der Waals surface area (Å²) in [7, 11) is 0. The molecule has 0 spiro atoms. The second kappa shape index (κ2) is 10.7.